The Labute approximate surface area is 752 Å². The number of amides is 17. The molecule has 5 rings (SSSR count). The molecule has 0 spiro atoms. The van der Waals surface area contributed by atoms with Gasteiger partial charge in [0.25, 0.3) is 0 Å². The molecule has 17 amide bonds. The van der Waals surface area contributed by atoms with E-state index in [0.29, 0.717) is 16.8 Å². The first-order valence-corrected chi connectivity index (χ1v) is 44.4. The van der Waals surface area contributed by atoms with Crippen molar-refractivity contribution in [2.24, 2.45) is 46.4 Å². The Morgan fingerprint density at radius 1 is 0.597 bits per heavy atom. The Balaban J connectivity index is 1.70. The number of phenolic OH excluding ortho intramolecular Hbond substituents is 1. The molecule has 0 saturated carbocycles. The van der Waals surface area contributed by atoms with Crippen LogP contribution < -0.4 is 114 Å². The summed E-state index contributed by atoms with van der Waals surface area (Å²) in [6.07, 6.45) is -0.835. The minimum absolute atomic E-state index is 0.00176. The van der Waals surface area contributed by atoms with Gasteiger partial charge in [-0.3, -0.25) is 92.3 Å². The zero-order valence-electron chi connectivity index (χ0n) is 72.8. The molecule has 3 heterocycles. The van der Waals surface area contributed by atoms with E-state index in [1.165, 1.54) is 69.4 Å². The predicted molar refractivity (Wildman–Crippen MR) is 471 cm³/mol. The number of nitrogens with two attached hydrogens (primary N) is 5. The van der Waals surface area contributed by atoms with Crippen LogP contribution in [0.1, 0.15) is 123 Å². The van der Waals surface area contributed by atoms with E-state index in [1.807, 2.05) is 0 Å². The predicted octanol–water partition coefficient (Wildman–Crippen LogP) is -8.72. The smallest absolute Gasteiger partial charge is 0.245 e. The van der Waals surface area contributed by atoms with Gasteiger partial charge >= 0.3 is 0 Å². The number of imidazole rings is 1. The molecule has 2 aliphatic rings. The summed E-state index contributed by atoms with van der Waals surface area (Å²) in [6.45, 7) is 7.25. The van der Waals surface area contributed by atoms with Crippen LogP contribution in [-0.2, 0) is 101 Å². The highest BCUT2D eigenvalue weighted by molar-refractivity contribution is 8.76. The van der Waals surface area contributed by atoms with Crippen LogP contribution in [0, 0.1) is 28.6 Å². The third-order valence-corrected chi connectivity index (χ3v) is 22.9. The average Bonchev–Trinajstić information content (AvgIpc) is 1.70. The number of aromatic hydroxyl groups is 1. The Morgan fingerprint density at radius 2 is 1.18 bits per heavy atom. The maximum atomic E-state index is 15.3. The van der Waals surface area contributed by atoms with E-state index in [1.54, 1.807) is 44.2 Å². The third-order valence-electron chi connectivity index (χ3n) is 20.4. The number of rotatable bonds is 37. The quantitative estimate of drug-likeness (QED) is 0.0110. The standard InChI is InChI=1S/C80H124N26O21S2/c1-39(2)28-51-68(117)99-54(34-107)71(120)97-53(30-44-19-21-46(110)22-20-44)69(118)95-48(16-11-25-89-79(84)85)66(115)91-33-60(112)93-50(17-12-26-90-80(86)87)78(127)106-27-13-18-58(106)75(124)104-62(41(5)6)77(126)102-57(74(123)98-52(29-43-14-9-8-10-15-43)70(119)100-55(35-108)72(121)105-63(42(7)109)64(83)113)37-129-128-36-56(73(122)96-51)101-76(125)61(40(3)4)103-67(116)49(23-24-59(82)111)94-65(114)47(81)31-45-32-88-38-92-45/h8-10,14-15,19-22,32,38-42,47-58,61-63,107-110H,11-13,16-18,23-31,33-37,81H2,1-7H3,(H2,82,111)(H2,83,113)(H,88,92)(H,91,115)(H,93,112)(H,94,114)(H,95,118)(H,96,122)(H,97,120)(H,98,123)(H,99,117)(H,100,119)(H,101,125)(H,102,126)(H,103,116)(H,104,124)(H,105,121)(H4,84,85,89)(H4,86,87,90)/t42-,47+,48+,49+,50+,51+,52+,53+,54+,55+,56+,57+,58+,61?,62?,63+/m1/s1. The molecule has 712 valence electrons. The number of nitrogens with zero attached hydrogens (tertiary/aromatic N) is 2. The van der Waals surface area contributed by atoms with Crippen molar-refractivity contribution < 1.29 is 102 Å². The van der Waals surface area contributed by atoms with E-state index in [0.717, 1.165) is 28.5 Å². The lowest BCUT2D eigenvalue weighted by Crippen LogP contribution is -2.62. The number of guanidine groups is 2. The van der Waals surface area contributed by atoms with Gasteiger partial charge in [-0.25, -0.2) is 4.98 Å². The molecule has 3 aromatic rings. The van der Waals surface area contributed by atoms with E-state index in [2.05, 4.69) is 95.0 Å². The number of aliphatic hydroxyl groups excluding tert-OH is 3. The highest BCUT2D eigenvalue weighted by atomic mass is 33.1. The van der Waals surface area contributed by atoms with Crippen LogP contribution in [0.4, 0.5) is 0 Å². The number of aromatic nitrogens is 2. The lowest BCUT2D eigenvalue weighted by molar-refractivity contribution is -0.142. The van der Waals surface area contributed by atoms with Crippen molar-refractivity contribution >= 4 is 134 Å². The number of aliphatic hydroxyl groups is 3. The van der Waals surface area contributed by atoms with Crippen LogP contribution in [0.3, 0.4) is 0 Å². The summed E-state index contributed by atoms with van der Waals surface area (Å²) in [5.74, 6) is -22.1. The van der Waals surface area contributed by atoms with Crippen molar-refractivity contribution in [1.82, 2.24) is 99.9 Å². The number of phenols is 1. The summed E-state index contributed by atoms with van der Waals surface area (Å²) in [6, 6.07) is -11.3. The second kappa shape index (κ2) is 54.0. The average molecular weight is 1850 g/mol. The van der Waals surface area contributed by atoms with Crippen molar-refractivity contribution in [3.63, 3.8) is 0 Å². The van der Waals surface area contributed by atoms with Crippen molar-refractivity contribution in [2.45, 2.75) is 222 Å². The first kappa shape index (κ1) is 107. The van der Waals surface area contributed by atoms with Gasteiger partial charge in [-0.05, 0) is 99.3 Å². The number of H-pyrrole nitrogens is 1. The van der Waals surface area contributed by atoms with Gasteiger partial charge in [-0.1, -0.05) is 106 Å². The molecule has 16 atom stereocenters. The minimum Gasteiger partial charge on any atom is -0.508 e. The molecule has 1 aromatic heterocycles. The minimum atomic E-state index is -1.95. The highest BCUT2D eigenvalue weighted by Crippen LogP contribution is 2.26. The third kappa shape index (κ3) is 36.7. The first-order valence-electron chi connectivity index (χ1n) is 42.0. The number of aromatic amines is 1. The normalized spacial score (nSPS) is 21.6. The van der Waals surface area contributed by atoms with Gasteiger partial charge in [-0.2, -0.15) is 0 Å². The van der Waals surface area contributed by atoms with E-state index in [-0.39, 0.29) is 83.2 Å². The number of carbonyl (C=O) groups is 17. The molecule has 2 aromatic carbocycles. The fourth-order valence-electron chi connectivity index (χ4n) is 13.4. The van der Waals surface area contributed by atoms with Crippen LogP contribution in [-0.4, -0.2) is 295 Å². The van der Waals surface area contributed by atoms with E-state index < -0.39 is 277 Å². The van der Waals surface area contributed by atoms with Gasteiger partial charge in [-0.15, -0.1) is 0 Å². The molecule has 2 unspecified atom stereocenters. The molecule has 49 heteroatoms. The largest absolute Gasteiger partial charge is 0.508 e. The Kier molecular flexibility index (Phi) is 44.8. The molecule has 33 N–H and O–H groups in total. The molecule has 2 aliphatic heterocycles. The van der Waals surface area contributed by atoms with Crippen LogP contribution >= 0.6 is 21.6 Å². The van der Waals surface area contributed by atoms with Crippen molar-refractivity contribution in [1.29, 1.82) is 10.8 Å². The number of carbonyl (C=O) groups excluding carboxylic acids is 17. The molecule has 129 heavy (non-hydrogen) atoms. The topological polar surface area (TPSA) is 773 Å². The van der Waals surface area contributed by atoms with Crippen LogP contribution in [0.15, 0.2) is 67.1 Å². The number of benzene rings is 2. The van der Waals surface area contributed by atoms with Crippen molar-refractivity contribution in [3.05, 3.63) is 83.9 Å². The van der Waals surface area contributed by atoms with E-state index in [4.69, 9.17) is 39.5 Å². The van der Waals surface area contributed by atoms with Crippen LogP contribution in [0.25, 0.3) is 0 Å². The highest BCUT2D eigenvalue weighted by Gasteiger charge is 2.43. The van der Waals surface area contributed by atoms with E-state index >= 15 is 19.2 Å². The molecular weight excluding hydrogens is 1730 g/mol. The fraction of sp³-hybridized carbons (Fsp3) is 0.575. The Bertz CT molecular complexity index is 4350. The van der Waals surface area contributed by atoms with Gasteiger partial charge < -0.3 is 144 Å². The maximum absolute atomic E-state index is 15.3. The zero-order valence-corrected chi connectivity index (χ0v) is 74.4. The molecule has 2 saturated heterocycles. The van der Waals surface area contributed by atoms with Crippen LogP contribution in [0.2, 0.25) is 0 Å². The van der Waals surface area contributed by atoms with Crippen molar-refractivity contribution in [2.75, 3.05) is 50.9 Å². The van der Waals surface area contributed by atoms with Gasteiger partial charge in [0.15, 0.2) is 11.9 Å². The zero-order chi connectivity index (χ0) is 95.9. The fourth-order valence-corrected chi connectivity index (χ4v) is 15.8. The van der Waals surface area contributed by atoms with Gasteiger partial charge in [0.1, 0.15) is 90.3 Å². The number of fused-ring (bicyclic) bond motifs is 1. The summed E-state index contributed by atoms with van der Waals surface area (Å²) in [4.78, 5) is 252. The lowest BCUT2D eigenvalue weighted by atomic mass is 10.0. The first-order chi connectivity index (χ1) is 61.0. The van der Waals surface area contributed by atoms with Gasteiger partial charge in [0.05, 0.1) is 38.2 Å². The van der Waals surface area contributed by atoms with Gasteiger partial charge in [0, 0.05) is 68.7 Å². The second-order valence-corrected chi connectivity index (χ2v) is 34.7. The number of nitrogens with one attached hydrogen (secondary N) is 19. The number of hydrogen-bond acceptors (Lipinski definition) is 27. The summed E-state index contributed by atoms with van der Waals surface area (Å²) >= 11 is 0. The lowest BCUT2D eigenvalue weighted by Gasteiger charge is -2.31. The Hall–Kier alpha value is -12.5. The SMILES string of the molecule is CC(C)C[C@@H]1NC(=O)[C@@H](NC(=O)C(NC(=O)[C@H](CCC(N)=O)NC(=O)[C@@H](N)Cc2cnc[nH]2)C(C)C)CSSC[C@@H](C(=O)N[C@@H](Cc2ccccc2)C(=O)N[C@@H](CO)C(=O)N[C@H](C(N)=O)[C@@H](C)O)NC(=O)C(C(C)C)NC(=O)[C@@H]2CCCN2C(=O)[C@H](CCCNC(=N)N)NC(=O)CNC(=O)[C@H](CCCNC(=N)N)NC(=O)[C@H](Cc2ccc(O)cc2)NC(=O)[C@H](CO)NC1=O. The monoisotopic (exact) mass is 1850 g/mol. The van der Waals surface area contributed by atoms with Crippen molar-refractivity contribution in [3.8, 4) is 5.75 Å². The summed E-state index contributed by atoms with van der Waals surface area (Å²) in [5.41, 5.74) is 29.4. The van der Waals surface area contributed by atoms with E-state index in [9.17, 15) is 82.8 Å². The molecule has 2 fully saturated rings. The summed E-state index contributed by atoms with van der Waals surface area (Å²) in [7, 11) is 1.51. The summed E-state index contributed by atoms with van der Waals surface area (Å²) in [5, 5.41) is 97.8. The Morgan fingerprint density at radius 3 is 1.76 bits per heavy atom. The molecule has 0 aliphatic carbocycles. The molecular formula is C80H124N26O21S2. The number of primary amides is 2. The van der Waals surface area contributed by atoms with Crippen LogP contribution in [0.5, 0.6) is 5.75 Å². The number of hydrogen-bond donors (Lipinski definition) is 28. The summed E-state index contributed by atoms with van der Waals surface area (Å²) < 4.78 is 0. The molecule has 0 bridgehead atoms. The maximum Gasteiger partial charge on any atom is 0.245 e. The van der Waals surface area contributed by atoms with Gasteiger partial charge in [0.2, 0.25) is 100 Å². The second-order valence-electron chi connectivity index (χ2n) is 32.1. The molecule has 47 nitrogen and oxygen atoms in total. The molecule has 0 radical (unpaired) electrons.